The molecule has 0 unspecified atom stereocenters. The third-order valence-electron chi connectivity index (χ3n) is 7.93. The Bertz CT molecular complexity index is 2260. The molecular formula is C40H30IrN4O-2. The Balaban J connectivity index is 0.000000209. The smallest absolute Gasteiger partial charge is 0.216 e. The largest absolute Gasteiger partial charge is 0.486 e. The van der Waals surface area contributed by atoms with Crippen LogP contribution in [0.25, 0.3) is 66.5 Å². The second kappa shape index (κ2) is 13.1. The third-order valence-corrected chi connectivity index (χ3v) is 7.93. The van der Waals surface area contributed by atoms with Crippen molar-refractivity contribution in [1.29, 1.82) is 0 Å². The molecule has 0 fully saturated rings. The molecule has 0 amide bonds. The molecule has 8 aromatic rings. The molecular weight excluding hydrogens is 745 g/mol. The van der Waals surface area contributed by atoms with E-state index in [0.717, 1.165) is 72.0 Å². The molecule has 5 heterocycles. The number of benzene rings is 3. The Kier molecular flexibility index (Phi) is 8.85. The summed E-state index contributed by atoms with van der Waals surface area (Å²) < 4.78 is 6.17. The van der Waals surface area contributed by atoms with Gasteiger partial charge in [0, 0.05) is 61.4 Å². The van der Waals surface area contributed by atoms with Crippen LogP contribution >= 0.6 is 0 Å². The van der Waals surface area contributed by atoms with Gasteiger partial charge >= 0.3 is 0 Å². The molecule has 46 heavy (non-hydrogen) atoms. The van der Waals surface area contributed by atoms with Crippen molar-refractivity contribution >= 4 is 32.8 Å². The number of hydrogen-bond acceptors (Lipinski definition) is 5. The second-order valence-corrected chi connectivity index (χ2v) is 11.3. The monoisotopic (exact) mass is 775 g/mol. The summed E-state index contributed by atoms with van der Waals surface area (Å²) in [6.45, 7) is 8.14. The van der Waals surface area contributed by atoms with Gasteiger partial charge in [0.2, 0.25) is 5.71 Å². The van der Waals surface area contributed by atoms with Gasteiger partial charge in [0.25, 0.3) is 0 Å². The Morgan fingerprint density at radius 1 is 0.674 bits per heavy atom. The van der Waals surface area contributed by atoms with Gasteiger partial charge in [-0.2, -0.15) is 0 Å². The average Bonchev–Trinajstić information content (AvgIpc) is 3.44. The van der Waals surface area contributed by atoms with Crippen molar-refractivity contribution in [2.75, 3.05) is 0 Å². The van der Waals surface area contributed by atoms with E-state index in [9.17, 15) is 0 Å². The molecule has 0 bridgehead atoms. The van der Waals surface area contributed by atoms with Crippen molar-refractivity contribution in [2.45, 2.75) is 27.7 Å². The maximum Gasteiger partial charge on any atom is 0.216 e. The van der Waals surface area contributed by atoms with Crippen LogP contribution in [0.15, 0.2) is 114 Å². The van der Waals surface area contributed by atoms with Gasteiger partial charge in [-0.15, -0.1) is 53.6 Å². The first-order valence-electron chi connectivity index (χ1n) is 14.9. The molecule has 0 aliphatic rings. The van der Waals surface area contributed by atoms with Gasteiger partial charge < -0.3 is 14.4 Å². The normalized spacial score (nSPS) is 10.9. The van der Waals surface area contributed by atoms with Crippen molar-refractivity contribution in [3.63, 3.8) is 0 Å². The topological polar surface area (TPSA) is 64.7 Å². The Morgan fingerprint density at radius 2 is 1.52 bits per heavy atom. The number of pyridine rings is 4. The fourth-order valence-corrected chi connectivity index (χ4v) is 5.49. The summed E-state index contributed by atoms with van der Waals surface area (Å²) in [7, 11) is 0. The summed E-state index contributed by atoms with van der Waals surface area (Å²) in [4.78, 5) is 18.0. The average molecular weight is 775 g/mol. The van der Waals surface area contributed by atoms with Gasteiger partial charge in [-0.05, 0) is 78.0 Å². The summed E-state index contributed by atoms with van der Waals surface area (Å²) in [5.41, 5.74) is 11.8. The van der Waals surface area contributed by atoms with Gasteiger partial charge in [0.1, 0.15) is 0 Å². The molecule has 0 spiro atoms. The predicted octanol–water partition coefficient (Wildman–Crippen LogP) is 9.84. The number of fused-ring (bicyclic) bond motifs is 4. The molecule has 8 rings (SSSR count). The van der Waals surface area contributed by atoms with Gasteiger partial charge in [0.15, 0.2) is 0 Å². The van der Waals surface area contributed by atoms with Crippen molar-refractivity contribution in [2.24, 2.45) is 0 Å². The minimum absolute atomic E-state index is 0. The molecule has 0 saturated heterocycles. The number of aryl methyl sites for hydroxylation is 4. The molecule has 227 valence electrons. The third kappa shape index (κ3) is 6.10. The molecule has 0 atom stereocenters. The van der Waals surface area contributed by atoms with Crippen molar-refractivity contribution < 1.29 is 24.5 Å². The van der Waals surface area contributed by atoms with Gasteiger partial charge in [-0.25, -0.2) is 4.98 Å². The van der Waals surface area contributed by atoms with E-state index in [1.165, 1.54) is 11.1 Å². The summed E-state index contributed by atoms with van der Waals surface area (Å²) >= 11 is 0. The quantitative estimate of drug-likeness (QED) is 0.167. The zero-order valence-corrected chi connectivity index (χ0v) is 28.3. The molecule has 0 aliphatic heterocycles. The van der Waals surface area contributed by atoms with E-state index in [0.29, 0.717) is 5.71 Å². The fraction of sp³-hybridized carbons (Fsp3) is 0.100. The molecule has 5 nitrogen and oxygen atoms in total. The number of furan rings is 1. The Labute approximate surface area is 281 Å². The van der Waals surface area contributed by atoms with Crippen LogP contribution in [0.3, 0.4) is 0 Å². The Morgan fingerprint density at radius 3 is 2.33 bits per heavy atom. The van der Waals surface area contributed by atoms with Crippen LogP contribution < -0.4 is 0 Å². The van der Waals surface area contributed by atoms with E-state index < -0.39 is 0 Å². The van der Waals surface area contributed by atoms with Crippen molar-refractivity contribution in [1.82, 2.24) is 19.9 Å². The van der Waals surface area contributed by atoms with Crippen molar-refractivity contribution in [3.05, 3.63) is 144 Å². The van der Waals surface area contributed by atoms with E-state index in [-0.39, 0.29) is 20.1 Å². The number of aromatic nitrogens is 4. The van der Waals surface area contributed by atoms with Crippen LogP contribution in [-0.2, 0) is 20.1 Å². The minimum Gasteiger partial charge on any atom is -0.486 e. The number of hydrogen-bond donors (Lipinski definition) is 0. The van der Waals surface area contributed by atoms with Crippen LogP contribution in [-0.4, -0.2) is 19.9 Å². The van der Waals surface area contributed by atoms with Gasteiger partial charge in [0.05, 0.1) is 5.58 Å². The van der Waals surface area contributed by atoms with Crippen molar-refractivity contribution in [3.8, 4) is 33.6 Å². The summed E-state index contributed by atoms with van der Waals surface area (Å²) in [5, 5.41) is 4.31. The van der Waals surface area contributed by atoms with E-state index in [4.69, 9.17) is 9.40 Å². The second-order valence-electron chi connectivity index (χ2n) is 11.3. The summed E-state index contributed by atoms with van der Waals surface area (Å²) in [6, 6.07) is 35.2. The SMILES string of the molecule is Cc1c[c-]c(-c2ccc(C)cn2)cc1.Cc1ccc2c(n1)oc1c(-c3cc(-c4cccc5ccncc45)c(C)cn3)[c-]ccc12.[Ir]. The van der Waals surface area contributed by atoms with Crippen LogP contribution in [0, 0.1) is 39.8 Å². The summed E-state index contributed by atoms with van der Waals surface area (Å²) in [5.74, 6) is 0. The van der Waals surface area contributed by atoms with Crippen LogP contribution in [0.5, 0.6) is 0 Å². The first-order chi connectivity index (χ1) is 21.9. The first kappa shape index (κ1) is 31.0. The Hall–Kier alpha value is -5.03. The van der Waals surface area contributed by atoms with Crippen LogP contribution in [0.1, 0.15) is 22.4 Å². The summed E-state index contributed by atoms with van der Waals surface area (Å²) in [6.07, 6.45) is 7.54. The van der Waals surface area contributed by atoms with Gasteiger partial charge in [-0.3, -0.25) is 4.98 Å². The number of nitrogens with zero attached hydrogens (tertiary/aromatic N) is 4. The van der Waals surface area contributed by atoms with Crippen LogP contribution in [0.4, 0.5) is 0 Å². The molecule has 3 aromatic carbocycles. The van der Waals surface area contributed by atoms with E-state index in [1.807, 2.05) is 81.1 Å². The minimum atomic E-state index is 0. The standard InChI is InChI=1S/C27H18N3O.C13H12N.Ir/c1-16-14-29-25(13-23(16)19-6-3-5-18-11-12-28-15-24(18)19)22-8-4-7-20-21-10-9-17(2)30-27(21)31-26(20)22;1-10-3-6-12(7-4-10)13-8-5-11(2)9-14-13;/h3-7,9-15H,1-2H3;3-6,8-9H,1-2H3;/q2*-1;. The van der Waals surface area contributed by atoms with Crippen LogP contribution in [0.2, 0.25) is 0 Å². The molecule has 0 saturated carbocycles. The predicted molar refractivity (Wildman–Crippen MR) is 182 cm³/mol. The molecule has 5 aromatic heterocycles. The zero-order valence-electron chi connectivity index (χ0n) is 25.9. The first-order valence-corrected chi connectivity index (χ1v) is 14.9. The maximum atomic E-state index is 6.17. The zero-order chi connectivity index (χ0) is 30.9. The molecule has 6 heteroatoms. The van der Waals surface area contributed by atoms with E-state index >= 15 is 0 Å². The van der Waals surface area contributed by atoms with Gasteiger partial charge in [-0.1, -0.05) is 54.3 Å². The molecule has 0 aliphatic carbocycles. The number of rotatable bonds is 3. The van der Waals surface area contributed by atoms with E-state index in [2.05, 4.69) is 83.4 Å². The molecule has 0 N–H and O–H groups in total. The maximum absolute atomic E-state index is 6.17. The van der Waals surface area contributed by atoms with E-state index in [1.54, 1.807) is 0 Å². The fourth-order valence-electron chi connectivity index (χ4n) is 5.49. The molecule has 1 radical (unpaired) electrons.